The van der Waals surface area contributed by atoms with Crippen LogP contribution in [0.2, 0.25) is 0 Å². The molecule has 0 saturated carbocycles. The molecule has 1 aromatic carbocycles. The summed E-state index contributed by atoms with van der Waals surface area (Å²) in [5.74, 6) is 0. The van der Waals surface area contributed by atoms with Crippen molar-refractivity contribution in [3.8, 4) is 11.1 Å². The number of hydrogen-bond acceptors (Lipinski definition) is 3. The van der Waals surface area contributed by atoms with Crippen molar-refractivity contribution in [1.82, 2.24) is 19.6 Å². The third-order valence-electron chi connectivity index (χ3n) is 3.61. The molecule has 0 unspecified atom stereocenters. The zero-order valence-electron chi connectivity index (χ0n) is 11.4. The summed E-state index contributed by atoms with van der Waals surface area (Å²) in [6.45, 7) is 1.93. The predicted molar refractivity (Wildman–Crippen MR) is 81.3 cm³/mol. The van der Waals surface area contributed by atoms with E-state index < -0.39 is 0 Å². The first kappa shape index (κ1) is 11.8. The van der Waals surface area contributed by atoms with E-state index in [1.165, 1.54) is 0 Å². The summed E-state index contributed by atoms with van der Waals surface area (Å²) in [5, 5.41) is 5.11. The Hall–Kier alpha value is -2.95. The van der Waals surface area contributed by atoms with Crippen LogP contribution in [0, 0.1) is 6.92 Å². The molecule has 0 amide bonds. The topological polar surface area (TPSA) is 63.1 Å². The number of fused-ring (bicyclic) bond motifs is 3. The van der Waals surface area contributed by atoms with E-state index in [4.69, 9.17) is 0 Å². The Kier molecular flexibility index (Phi) is 2.41. The molecule has 0 atom stereocenters. The van der Waals surface area contributed by atoms with Crippen molar-refractivity contribution in [2.45, 2.75) is 6.92 Å². The van der Waals surface area contributed by atoms with Gasteiger partial charge in [-0.25, -0.2) is 4.98 Å². The summed E-state index contributed by atoms with van der Waals surface area (Å²) in [6, 6.07) is 13.3. The fourth-order valence-corrected chi connectivity index (χ4v) is 2.58. The van der Waals surface area contributed by atoms with Gasteiger partial charge in [-0.2, -0.15) is 9.61 Å². The van der Waals surface area contributed by atoms with Gasteiger partial charge in [0.15, 0.2) is 5.65 Å². The number of H-pyrrole nitrogens is 1. The highest BCUT2D eigenvalue weighted by molar-refractivity contribution is 5.84. The Morgan fingerprint density at radius 1 is 1.14 bits per heavy atom. The minimum Gasteiger partial charge on any atom is -0.306 e. The van der Waals surface area contributed by atoms with E-state index in [1.54, 1.807) is 10.7 Å². The molecule has 0 radical (unpaired) electrons. The molecule has 3 heterocycles. The summed E-state index contributed by atoms with van der Waals surface area (Å²) in [7, 11) is 0. The molecule has 0 aliphatic carbocycles. The molecule has 0 spiro atoms. The van der Waals surface area contributed by atoms with E-state index in [0.717, 1.165) is 22.3 Å². The number of nitrogens with one attached hydrogen (secondary N) is 1. The van der Waals surface area contributed by atoms with Crippen molar-refractivity contribution < 1.29 is 0 Å². The fraction of sp³-hybridized carbons (Fsp3) is 0.0625. The van der Waals surface area contributed by atoms with Crippen molar-refractivity contribution in [2.75, 3.05) is 0 Å². The van der Waals surface area contributed by atoms with Crippen LogP contribution in [0.4, 0.5) is 0 Å². The first-order valence-corrected chi connectivity index (χ1v) is 6.67. The third-order valence-corrected chi connectivity index (χ3v) is 3.61. The van der Waals surface area contributed by atoms with Crippen LogP contribution in [-0.4, -0.2) is 19.6 Å². The van der Waals surface area contributed by atoms with Gasteiger partial charge < -0.3 is 4.98 Å². The predicted octanol–water partition coefficient (Wildman–Crippen LogP) is 2.55. The number of benzene rings is 1. The number of hydrogen-bond donors (Lipinski definition) is 1. The largest absolute Gasteiger partial charge is 0.306 e. The molecule has 5 heteroatoms. The maximum atomic E-state index is 12.4. The highest BCUT2D eigenvalue weighted by Crippen LogP contribution is 2.21. The molecule has 0 bridgehead atoms. The molecule has 102 valence electrons. The van der Waals surface area contributed by atoms with Gasteiger partial charge in [-0.3, -0.25) is 4.79 Å². The molecule has 3 aromatic heterocycles. The van der Waals surface area contributed by atoms with Crippen LogP contribution in [0.3, 0.4) is 0 Å². The van der Waals surface area contributed by atoms with Gasteiger partial charge in [0, 0.05) is 17.0 Å². The zero-order chi connectivity index (χ0) is 14.4. The second-order valence-electron chi connectivity index (χ2n) is 4.94. The van der Waals surface area contributed by atoms with Crippen molar-refractivity contribution in [3.05, 3.63) is 64.7 Å². The van der Waals surface area contributed by atoms with Crippen LogP contribution in [0.1, 0.15) is 5.69 Å². The van der Waals surface area contributed by atoms with E-state index in [2.05, 4.69) is 15.1 Å². The van der Waals surface area contributed by atoms with Gasteiger partial charge in [0.1, 0.15) is 5.65 Å². The first-order chi connectivity index (χ1) is 10.2. The number of aromatic nitrogens is 4. The highest BCUT2D eigenvalue weighted by atomic mass is 16.1. The normalized spacial score (nSPS) is 11.3. The van der Waals surface area contributed by atoms with Gasteiger partial charge in [0.2, 0.25) is 0 Å². The minimum atomic E-state index is -0.129. The van der Waals surface area contributed by atoms with Gasteiger partial charge in [-0.15, -0.1) is 0 Å². The quantitative estimate of drug-likeness (QED) is 0.581. The van der Waals surface area contributed by atoms with Gasteiger partial charge in [-0.05, 0) is 18.6 Å². The van der Waals surface area contributed by atoms with Gasteiger partial charge >= 0.3 is 0 Å². The van der Waals surface area contributed by atoms with Crippen molar-refractivity contribution in [1.29, 1.82) is 0 Å². The van der Waals surface area contributed by atoms with Crippen LogP contribution in [0.5, 0.6) is 0 Å². The maximum Gasteiger partial charge on any atom is 0.257 e. The van der Waals surface area contributed by atoms with Crippen LogP contribution in [0.15, 0.2) is 53.5 Å². The molecule has 21 heavy (non-hydrogen) atoms. The van der Waals surface area contributed by atoms with Crippen molar-refractivity contribution in [3.63, 3.8) is 0 Å². The van der Waals surface area contributed by atoms with Crippen LogP contribution in [0.25, 0.3) is 27.8 Å². The van der Waals surface area contributed by atoms with E-state index in [-0.39, 0.29) is 5.56 Å². The molecule has 4 aromatic rings. The smallest absolute Gasteiger partial charge is 0.257 e. The molecule has 5 nitrogen and oxygen atoms in total. The molecule has 0 saturated heterocycles. The van der Waals surface area contributed by atoms with Gasteiger partial charge in [0.25, 0.3) is 5.56 Å². The van der Waals surface area contributed by atoms with Crippen LogP contribution < -0.4 is 5.56 Å². The average Bonchev–Trinajstić information content (AvgIpc) is 2.96. The number of nitrogens with zero attached hydrogens (tertiary/aromatic N) is 3. The molecule has 0 aliphatic rings. The lowest BCUT2D eigenvalue weighted by Gasteiger charge is -2.07. The summed E-state index contributed by atoms with van der Waals surface area (Å²) < 4.78 is 1.65. The van der Waals surface area contributed by atoms with Gasteiger partial charge in [0.05, 0.1) is 11.9 Å². The number of aryl methyl sites for hydroxylation is 1. The number of aromatic amines is 1. The molecular formula is C16H12N4O. The van der Waals surface area contributed by atoms with Crippen molar-refractivity contribution >= 4 is 16.7 Å². The molecule has 1 N–H and O–H groups in total. The highest BCUT2D eigenvalue weighted by Gasteiger charge is 2.11. The standard InChI is InChI=1S/C16H12N4O/c1-10-12-9-13(11-5-3-2-4-6-11)16(21)19-15(12)20-14(18-10)7-8-17-20/h2-9H,1H3,(H,19,21). The van der Waals surface area contributed by atoms with Crippen molar-refractivity contribution in [2.24, 2.45) is 0 Å². The molecule has 4 rings (SSSR count). The van der Waals surface area contributed by atoms with E-state index in [0.29, 0.717) is 11.2 Å². The average molecular weight is 276 g/mol. The Labute approximate surface area is 119 Å². The molecular weight excluding hydrogens is 264 g/mol. The Morgan fingerprint density at radius 3 is 2.76 bits per heavy atom. The first-order valence-electron chi connectivity index (χ1n) is 6.67. The summed E-state index contributed by atoms with van der Waals surface area (Å²) in [4.78, 5) is 19.8. The third kappa shape index (κ3) is 1.74. The van der Waals surface area contributed by atoms with Crippen LogP contribution >= 0.6 is 0 Å². The van der Waals surface area contributed by atoms with Gasteiger partial charge in [-0.1, -0.05) is 30.3 Å². The summed E-state index contributed by atoms with van der Waals surface area (Å²) in [6.07, 6.45) is 1.67. The summed E-state index contributed by atoms with van der Waals surface area (Å²) in [5.41, 5.74) is 3.66. The molecule has 0 aliphatic heterocycles. The van der Waals surface area contributed by atoms with Crippen LogP contribution in [-0.2, 0) is 0 Å². The van der Waals surface area contributed by atoms with E-state index >= 15 is 0 Å². The lowest BCUT2D eigenvalue weighted by molar-refractivity contribution is 0.951. The number of rotatable bonds is 1. The number of pyridine rings is 1. The monoisotopic (exact) mass is 276 g/mol. The lowest BCUT2D eigenvalue weighted by atomic mass is 10.1. The second-order valence-corrected chi connectivity index (χ2v) is 4.94. The van der Waals surface area contributed by atoms with E-state index in [1.807, 2.05) is 49.4 Å². The Bertz CT molecular complexity index is 1010. The Balaban J connectivity index is 2.13. The SMILES string of the molecule is Cc1nc2ccnn2c2[nH]c(=O)c(-c3ccccc3)cc12. The second kappa shape index (κ2) is 4.28. The maximum absolute atomic E-state index is 12.4. The minimum absolute atomic E-state index is 0.129. The van der Waals surface area contributed by atoms with E-state index in [9.17, 15) is 4.79 Å². The fourth-order valence-electron chi connectivity index (χ4n) is 2.58. The summed E-state index contributed by atoms with van der Waals surface area (Å²) >= 11 is 0. The lowest BCUT2D eigenvalue weighted by Crippen LogP contribution is -2.12. The Morgan fingerprint density at radius 2 is 1.95 bits per heavy atom. The molecule has 0 fully saturated rings. The zero-order valence-corrected chi connectivity index (χ0v) is 11.4.